The third-order valence-corrected chi connectivity index (χ3v) is 2.52. The number of rotatable bonds is 1. The zero-order chi connectivity index (χ0) is 6.43. The molecule has 2 aliphatic rings. The molecule has 50 valence electrons. The van der Waals surface area contributed by atoms with E-state index in [9.17, 15) is 0 Å². The molecule has 0 aromatic heterocycles. The Labute approximate surface area is 55.7 Å². The van der Waals surface area contributed by atoms with Gasteiger partial charge in [-0.25, -0.2) is 0 Å². The van der Waals surface area contributed by atoms with Crippen LogP contribution in [-0.4, -0.2) is 13.2 Å². The number of hydrogen-bond acceptors (Lipinski definition) is 1. The lowest BCUT2D eigenvalue weighted by Crippen LogP contribution is -1.97. The van der Waals surface area contributed by atoms with Gasteiger partial charge in [-0.1, -0.05) is 12.2 Å². The van der Waals surface area contributed by atoms with Crippen molar-refractivity contribution in [2.24, 2.45) is 17.8 Å². The summed E-state index contributed by atoms with van der Waals surface area (Å²) < 4.78 is 5.25. The highest BCUT2D eigenvalue weighted by molar-refractivity contribution is 5.16. The predicted octanol–water partition coefficient (Wildman–Crippen LogP) is 1.45. The Morgan fingerprint density at radius 2 is 2.00 bits per heavy atom. The van der Waals surface area contributed by atoms with Crippen molar-refractivity contribution in [1.29, 1.82) is 0 Å². The van der Waals surface area contributed by atoms with E-state index in [1.54, 1.807) is 0 Å². The zero-order valence-electron chi connectivity index (χ0n) is 5.76. The molecule has 1 aliphatic carbocycles. The van der Waals surface area contributed by atoms with Crippen LogP contribution in [0.3, 0.4) is 0 Å². The van der Waals surface area contributed by atoms with E-state index in [2.05, 4.69) is 13.5 Å². The minimum atomic E-state index is 0.818. The van der Waals surface area contributed by atoms with E-state index in [1.807, 2.05) is 0 Å². The van der Waals surface area contributed by atoms with Gasteiger partial charge in [0.15, 0.2) is 0 Å². The summed E-state index contributed by atoms with van der Waals surface area (Å²) in [6.07, 6.45) is 0. The first-order valence-electron chi connectivity index (χ1n) is 3.54. The number of fused-ring (bicyclic) bond motifs is 1. The number of ether oxygens (including phenoxy) is 1. The molecule has 0 N–H and O–H groups in total. The molecular weight excluding hydrogens is 112 g/mol. The van der Waals surface area contributed by atoms with Gasteiger partial charge in [-0.2, -0.15) is 0 Å². The first kappa shape index (κ1) is 5.48. The first-order chi connectivity index (χ1) is 4.30. The summed E-state index contributed by atoms with van der Waals surface area (Å²) in [5, 5.41) is 0. The quantitative estimate of drug-likeness (QED) is 0.481. The molecule has 2 rings (SSSR count). The molecule has 1 heteroatoms. The molecule has 1 saturated heterocycles. The minimum Gasteiger partial charge on any atom is -0.381 e. The maximum atomic E-state index is 5.25. The van der Waals surface area contributed by atoms with Crippen LogP contribution in [0.4, 0.5) is 0 Å². The highest BCUT2D eigenvalue weighted by atomic mass is 16.5. The zero-order valence-corrected chi connectivity index (χ0v) is 5.76. The Kier molecular flexibility index (Phi) is 0.974. The molecule has 2 fully saturated rings. The third kappa shape index (κ3) is 0.645. The lowest BCUT2D eigenvalue weighted by Gasteiger charge is -2.00. The standard InChI is InChI=1S/C8H12O/c1-5(2)8-6-3-9-4-7(6)8/h6-8H,1,3-4H2,2H3. The van der Waals surface area contributed by atoms with E-state index in [1.165, 1.54) is 5.57 Å². The van der Waals surface area contributed by atoms with Crippen LogP contribution in [0.1, 0.15) is 6.92 Å². The normalized spacial score (nSPS) is 46.6. The van der Waals surface area contributed by atoms with Gasteiger partial charge in [-0.05, 0) is 24.7 Å². The van der Waals surface area contributed by atoms with E-state index >= 15 is 0 Å². The molecule has 0 radical (unpaired) electrons. The monoisotopic (exact) mass is 124 g/mol. The van der Waals surface area contributed by atoms with Gasteiger partial charge in [0.1, 0.15) is 0 Å². The highest BCUT2D eigenvalue weighted by Gasteiger charge is 2.53. The van der Waals surface area contributed by atoms with E-state index in [0.717, 1.165) is 31.0 Å². The molecular formula is C8H12O. The lowest BCUT2D eigenvalue weighted by atomic mass is 10.2. The van der Waals surface area contributed by atoms with Crippen LogP contribution >= 0.6 is 0 Å². The second kappa shape index (κ2) is 1.60. The molecule has 1 nitrogen and oxygen atoms in total. The summed E-state index contributed by atoms with van der Waals surface area (Å²) >= 11 is 0. The van der Waals surface area contributed by atoms with Gasteiger partial charge in [0.25, 0.3) is 0 Å². The lowest BCUT2D eigenvalue weighted by molar-refractivity contribution is 0.156. The van der Waals surface area contributed by atoms with Gasteiger partial charge < -0.3 is 4.74 Å². The number of hydrogen-bond donors (Lipinski definition) is 0. The molecule has 1 aliphatic heterocycles. The summed E-state index contributed by atoms with van der Waals surface area (Å²) in [5.74, 6) is 2.52. The van der Waals surface area contributed by atoms with Crippen LogP contribution in [0.15, 0.2) is 12.2 Å². The fourth-order valence-electron chi connectivity index (χ4n) is 1.97. The highest BCUT2D eigenvalue weighted by Crippen LogP contribution is 2.53. The van der Waals surface area contributed by atoms with Gasteiger partial charge in [-0.3, -0.25) is 0 Å². The Morgan fingerprint density at radius 1 is 1.44 bits per heavy atom. The first-order valence-corrected chi connectivity index (χ1v) is 3.54. The van der Waals surface area contributed by atoms with Crippen LogP contribution in [0, 0.1) is 17.8 Å². The summed E-state index contributed by atoms with van der Waals surface area (Å²) in [5.41, 5.74) is 1.35. The maximum absolute atomic E-state index is 5.25. The van der Waals surface area contributed by atoms with Gasteiger partial charge in [0, 0.05) is 0 Å². The predicted molar refractivity (Wildman–Crippen MR) is 36.1 cm³/mol. The number of allylic oxidation sites excluding steroid dienone is 1. The summed E-state index contributed by atoms with van der Waals surface area (Å²) in [6, 6.07) is 0. The van der Waals surface area contributed by atoms with Crippen molar-refractivity contribution >= 4 is 0 Å². The molecule has 0 aromatic rings. The molecule has 9 heavy (non-hydrogen) atoms. The van der Waals surface area contributed by atoms with Gasteiger partial charge in [-0.15, -0.1) is 0 Å². The molecule has 0 aromatic carbocycles. The van der Waals surface area contributed by atoms with E-state index in [0.29, 0.717) is 0 Å². The van der Waals surface area contributed by atoms with Gasteiger partial charge in [0.05, 0.1) is 13.2 Å². The van der Waals surface area contributed by atoms with Crippen molar-refractivity contribution in [3.63, 3.8) is 0 Å². The van der Waals surface area contributed by atoms with Crippen LogP contribution in [0.2, 0.25) is 0 Å². The molecule has 2 atom stereocenters. The molecule has 1 heterocycles. The second-order valence-corrected chi connectivity index (χ2v) is 3.24. The average Bonchev–Trinajstić information content (AvgIpc) is 2.30. The van der Waals surface area contributed by atoms with Gasteiger partial charge in [0.2, 0.25) is 0 Å². The molecule has 0 amide bonds. The molecule has 2 unspecified atom stereocenters. The largest absolute Gasteiger partial charge is 0.381 e. The van der Waals surface area contributed by atoms with Crippen LogP contribution in [-0.2, 0) is 4.74 Å². The maximum Gasteiger partial charge on any atom is 0.0504 e. The molecule has 0 bridgehead atoms. The van der Waals surface area contributed by atoms with Crippen molar-refractivity contribution in [3.05, 3.63) is 12.2 Å². The SMILES string of the molecule is C=C(C)C1C2COCC21. The van der Waals surface area contributed by atoms with Crippen molar-refractivity contribution < 1.29 is 4.74 Å². The average molecular weight is 124 g/mol. The van der Waals surface area contributed by atoms with Gasteiger partial charge >= 0.3 is 0 Å². The van der Waals surface area contributed by atoms with Crippen LogP contribution in [0.5, 0.6) is 0 Å². The van der Waals surface area contributed by atoms with E-state index in [-0.39, 0.29) is 0 Å². The van der Waals surface area contributed by atoms with Crippen molar-refractivity contribution in [1.82, 2.24) is 0 Å². The van der Waals surface area contributed by atoms with Crippen LogP contribution < -0.4 is 0 Å². The Bertz CT molecular complexity index is 141. The summed E-state index contributed by atoms with van der Waals surface area (Å²) in [6.45, 7) is 8.05. The van der Waals surface area contributed by atoms with E-state index < -0.39 is 0 Å². The van der Waals surface area contributed by atoms with Crippen molar-refractivity contribution in [3.8, 4) is 0 Å². The Hall–Kier alpha value is -0.300. The Morgan fingerprint density at radius 3 is 2.33 bits per heavy atom. The topological polar surface area (TPSA) is 9.23 Å². The minimum absolute atomic E-state index is 0.818. The Balaban J connectivity index is 2.02. The van der Waals surface area contributed by atoms with Crippen molar-refractivity contribution in [2.45, 2.75) is 6.92 Å². The summed E-state index contributed by atoms with van der Waals surface area (Å²) in [7, 11) is 0. The smallest absolute Gasteiger partial charge is 0.0504 e. The third-order valence-electron chi connectivity index (χ3n) is 2.52. The second-order valence-electron chi connectivity index (χ2n) is 3.24. The fraction of sp³-hybridized carbons (Fsp3) is 0.750. The summed E-state index contributed by atoms with van der Waals surface area (Å²) in [4.78, 5) is 0. The fourth-order valence-corrected chi connectivity index (χ4v) is 1.97. The molecule has 0 spiro atoms. The molecule has 1 saturated carbocycles. The van der Waals surface area contributed by atoms with E-state index in [4.69, 9.17) is 4.74 Å². The van der Waals surface area contributed by atoms with Crippen LogP contribution in [0.25, 0.3) is 0 Å². The van der Waals surface area contributed by atoms with Crippen molar-refractivity contribution in [2.75, 3.05) is 13.2 Å².